The minimum atomic E-state index is -2.14. The van der Waals surface area contributed by atoms with Crippen LogP contribution in [0.1, 0.15) is 18.5 Å². The molecule has 0 aromatic carbocycles. The molecule has 5 nitrogen and oxygen atoms in total. The number of methoxy groups -OCH3 is 1. The second-order valence-electron chi connectivity index (χ2n) is 5.12. The Bertz CT molecular complexity index is 567. The Hall–Kier alpha value is -0.680. The van der Waals surface area contributed by atoms with E-state index in [9.17, 15) is 5.21 Å². The summed E-state index contributed by atoms with van der Waals surface area (Å²) in [5.74, 6) is 0.671. The Labute approximate surface area is 117 Å². The molecule has 0 N–H and O–H groups in total. The van der Waals surface area contributed by atoms with Crippen molar-refractivity contribution >= 4 is 18.3 Å². The lowest BCUT2D eigenvalue weighted by molar-refractivity contribution is -0.615. The average Bonchev–Trinajstić information content (AvgIpc) is 2.52. The van der Waals surface area contributed by atoms with Crippen LogP contribution in [0.4, 0.5) is 0 Å². The molecule has 1 unspecified atom stereocenters. The van der Waals surface area contributed by atoms with Crippen molar-refractivity contribution in [3.8, 4) is 5.75 Å². The quantitative estimate of drug-likeness (QED) is 0.484. The predicted molar refractivity (Wildman–Crippen MR) is 73.8 cm³/mol. The highest BCUT2D eigenvalue weighted by Gasteiger charge is 2.58. The molecule has 1 saturated carbocycles. The molecule has 2 fully saturated rings. The molecular formula is C12H16NO4PS. The largest absolute Gasteiger partial charge is 0.618 e. The lowest BCUT2D eigenvalue weighted by Gasteiger charge is -2.40. The van der Waals surface area contributed by atoms with Gasteiger partial charge < -0.3 is 19.0 Å². The van der Waals surface area contributed by atoms with Crippen molar-refractivity contribution in [1.82, 2.24) is 0 Å². The first-order valence-corrected chi connectivity index (χ1v) is 9.25. The van der Waals surface area contributed by atoms with Crippen molar-refractivity contribution in [2.24, 2.45) is 0 Å². The van der Waals surface area contributed by atoms with Gasteiger partial charge in [0.05, 0.1) is 19.6 Å². The zero-order valence-electron chi connectivity index (χ0n) is 10.9. The van der Waals surface area contributed by atoms with E-state index in [1.807, 2.05) is 6.66 Å². The summed E-state index contributed by atoms with van der Waals surface area (Å²) in [4.78, 5) is 0. The number of rotatable bonds is 3. The third-order valence-corrected chi connectivity index (χ3v) is 5.58. The Kier molecular flexibility index (Phi) is 3.09. The van der Waals surface area contributed by atoms with Crippen LogP contribution in [0.15, 0.2) is 18.3 Å². The zero-order valence-corrected chi connectivity index (χ0v) is 12.6. The van der Waals surface area contributed by atoms with Gasteiger partial charge in [-0.2, -0.15) is 4.73 Å². The number of nitrogens with zero attached hydrogens (tertiary/aromatic N) is 1. The molecule has 1 aromatic heterocycles. The number of pyridine rings is 1. The van der Waals surface area contributed by atoms with E-state index in [0.29, 0.717) is 17.9 Å². The fraction of sp³-hybridized carbons (Fsp3) is 0.583. The van der Waals surface area contributed by atoms with E-state index in [4.69, 9.17) is 25.6 Å². The minimum Gasteiger partial charge on any atom is -0.618 e. The van der Waals surface area contributed by atoms with Gasteiger partial charge in [0.2, 0.25) is 0 Å². The Balaban J connectivity index is 1.88. The highest BCUT2D eigenvalue weighted by molar-refractivity contribution is 8.09. The highest BCUT2D eigenvalue weighted by atomic mass is 32.5. The second kappa shape index (κ2) is 4.42. The monoisotopic (exact) mass is 301 g/mol. The van der Waals surface area contributed by atoms with Gasteiger partial charge in [0, 0.05) is 18.8 Å². The van der Waals surface area contributed by atoms with Crippen LogP contribution in [-0.2, 0) is 27.3 Å². The van der Waals surface area contributed by atoms with Gasteiger partial charge in [-0.05, 0) is 24.6 Å². The van der Waals surface area contributed by atoms with Crippen LogP contribution in [0.5, 0.6) is 5.75 Å². The molecule has 0 radical (unpaired) electrons. The number of hydrogen-bond acceptors (Lipinski definition) is 5. The molecule has 19 heavy (non-hydrogen) atoms. The highest BCUT2D eigenvalue weighted by Crippen LogP contribution is 2.64. The molecule has 2 aliphatic rings. The van der Waals surface area contributed by atoms with E-state index in [0.717, 1.165) is 17.6 Å². The van der Waals surface area contributed by atoms with Gasteiger partial charge in [0.1, 0.15) is 11.4 Å². The fourth-order valence-electron chi connectivity index (χ4n) is 2.73. The van der Waals surface area contributed by atoms with Gasteiger partial charge in [0.15, 0.2) is 18.4 Å². The molecule has 2 heterocycles. The maximum absolute atomic E-state index is 11.9. The summed E-state index contributed by atoms with van der Waals surface area (Å²) in [6.07, 6.45) is 3.85. The number of aromatic nitrogens is 1. The van der Waals surface area contributed by atoms with Crippen LogP contribution < -0.4 is 9.47 Å². The molecule has 1 aromatic rings. The SMILES string of the molecule is COc1cc[n+]([O-])c(C[C@@]23CC[C@@H]2OP(C)(=S)O3)c1. The summed E-state index contributed by atoms with van der Waals surface area (Å²) in [5, 5.41) is 11.9. The predicted octanol–water partition coefficient (Wildman–Crippen LogP) is 1.76. The van der Waals surface area contributed by atoms with Crippen molar-refractivity contribution in [3.63, 3.8) is 0 Å². The fourth-order valence-corrected chi connectivity index (χ4v) is 5.22. The molecule has 3 rings (SSSR count). The first-order chi connectivity index (χ1) is 8.94. The first kappa shape index (κ1) is 13.3. The summed E-state index contributed by atoms with van der Waals surface area (Å²) in [6.45, 7) is -0.292. The summed E-state index contributed by atoms with van der Waals surface area (Å²) >= 11 is 5.33. The van der Waals surface area contributed by atoms with E-state index in [1.165, 1.54) is 6.20 Å². The average molecular weight is 301 g/mol. The first-order valence-electron chi connectivity index (χ1n) is 6.17. The lowest BCUT2D eigenvalue weighted by Crippen LogP contribution is -2.52. The van der Waals surface area contributed by atoms with Crippen molar-refractivity contribution in [2.75, 3.05) is 13.8 Å². The summed E-state index contributed by atoms with van der Waals surface area (Å²) in [7, 11) is 1.58. The third-order valence-electron chi connectivity index (χ3n) is 3.77. The van der Waals surface area contributed by atoms with Crippen LogP contribution in [0.3, 0.4) is 0 Å². The topological polar surface area (TPSA) is 54.6 Å². The molecule has 3 atom stereocenters. The Morgan fingerprint density at radius 1 is 1.68 bits per heavy atom. The van der Waals surface area contributed by atoms with Crippen molar-refractivity contribution in [2.45, 2.75) is 31.0 Å². The molecule has 0 spiro atoms. The van der Waals surface area contributed by atoms with Crippen LogP contribution in [0.25, 0.3) is 0 Å². The zero-order chi connectivity index (χ0) is 13.7. The minimum absolute atomic E-state index is 0.0366. The summed E-state index contributed by atoms with van der Waals surface area (Å²) in [6, 6.07) is 3.39. The molecule has 0 amide bonds. The summed E-state index contributed by atoms with van der Waals surface area (Å²) in [5.41, 5.74) is 0.229. The molecule has 1 aliphatic heterocycles. The Morgan fingerprint density at radius 2 is 2.47 bits per heavy atom. The maximum Gasteiger partial charge on any atom is 0.199 e. The van der Waals surface area contributed by atoms with Crippen molar-refractivity contribution in [1.29, 1.82) is 0 Å². The van der Waals surface area contributed by atoms with Gasteiger partial charge in [-0.1, -0.05) is 0 Å². The van der Waals surface area contributed by atoms with Crippen LogP contribution in [0, 0.1) is 5.21 Å². The standard InChI is InChI=1S/C12H16NO4PS/c1-15-10-4-6-13(14)9(7-10)8-12-5-3-11(12)16-18(2,19)17-12/h4,6-7,11H,3,5,8H2,1-2H3/t11-,12-,18?/m0/s1. The smallest absolute Gasteiger partial charge is 0.199 e. The molecule has 0 bridgehead atoms. The molecule has 104 valence electrons. The second-order valence-corrected chi connectivity index (χ2v) is 9.05. The van der Waals surface area contributed by atoms with Gasteiger partial charge in [-0.25, -0.2) is 0 Å². The molecule has 7 heteroatoms. The van der Waals surface area contributed by atoms with Gasteiger partial charge in [0.25, 0.3) is 0 Å². The molecule has 1 aliphatic carbocycles. The summed E-state index contributed by atoms with van der Waals surface area (Å²) < 4.78 is 17.8. The van der Waals surface area contributed by atoms with Crippen LogP contribution in [-0.4, -0.2) is 25.5 Å². The van der Waals surface area contributed by atoms with E-state index < -0.39 is 12.1 Å². The van der Waals surface area contributed by atoms with E-state index in [2.05, 4.69) is 0 Å². The third kappa shape index (κ3) is 2.27. The molecule has 1 saturated heterocycles. The van der Waals surface area contributed by atoms with E-state index in [1.54, 1.807) is 19.2 Å². The van der Waals surface area contributed by atoms with Crippen LogP contribution >= 0.6 is 6.49 Å². The van der Waals surface area contributed by atoms with Crippen LogP contribution in [0.2, 0.25) is 0 Å². The number of fused-ring (bicyclic) bond motifs is 1. The van der Waals surface area contributed by atoms with E-state index >= 15 is 0 Å². The molecular weight excluding hydrogens is 285 g/mol. The maximum atomic E-state index is 11.9. The van der Waals surface area contributed by atoms with Crippen molar-refractivity contribution < 1.29 is 18.5 Å². The normalized spacial score (nSPS) is 36.6. The Morgan fingerprint density at radius 3 is 3.05 bits per heavy atom. The van der Waals surface area contributed by atoms with Gasteiger partial charge >= 0.3 is 0 Å². The van der Waals surface area contributed by atoms with Gasteiger partial charge in [-0.3, -0.25) is 0 Å². The van der Waals surface area contributed by atoms with Gasteiger partial charge in [-0.15, -0.1) is 0 Å². The lowest BCUT2D eigenvalue weighted by atomic mass is 9.74. The van der Waals surface area contributed by atoms with E-state index in [-0.39, 0.29) is 6.10 Å². The number of ether oxygens (including phenoxy) is 1. The van der Waals surface area contributed by atoms with Crippen molar-refractivity contribution in [3.05, 3.63) is 29.2 Å². The number of hydrogen-bond donors (Lipinski definition) is 0.